The molecule has 2 atom stereocenters. The van der Waals surface area contributed by atoms with E-state index in [4.69, 9.17) is 5.73 Å². The number of rotatable bonds is 4. The Morgan fingerprint density at radius 3 is 2.88 bits per heavy atom. The summed E-state index contributed by atoms with van der Waals surface area (Å²) < 4.78 is 13.0. The van der Waals surface area contributed by atoms with Crippen molar-refractivity contribution >= 4 is 17.2 Å². The van der Waals surface area contributed by atoms with E-state index in [0.29, 0.717) is 12.1 Å². The number of carbonyl (C=O) groups excluding carboxylic acids is 1. The lowest BCUT2D eigenvalue weighted by Crippen LogP contribution is -2.51. The third kappa shape index (κ3) is 3.82. The Morgan fingerprint density at radius 2 is 2.17 bits per heavy atom. The van der Waals surface area contributed by atoms with Crippen LogP contribution in [0.5, 0.6) is 0 Å². The van der Waals surface area contributed by atoms with Gasteiger partial charge in [0, 0.05) is 30.4 Å². The van der Waals surface area contributed by atoms with Crippen LogP contribution in [0.1, 0.15) is 47.2 Å². The van der Waals surface area contributed by atoms with Crippen molar-refractivity contribution < 1.29 is 9.18 Å². The Morgan fingerprint density at radius 1 is 1.42 bits per heavy atom. The van der Waals surface area contributed by atoms with Crippen LogP contribution in [0.3, 0.4) is 0 Å². The zero-order valence-corrected chi connectivity index (χ0v) is 14.6. The van der Waals surface area contributed by atoms with Gasteiger partial charge in [-0.2, -0.15) is 0 Å². The second-order valence-electron chi connectivity index (χ2n) is 6.35. The summed E-state index contributed by atoms with van der Waals surface area (Å²) in [5.41, 5.74) is 7.52. The molecule has 24 heavy (non-hydrogen) atoms. The SMILES string of the molecule is CC(N)C1CCCCN1C(=O)c1csc(Cc2ccc(F)cc2)n1. The number of carbonyl (C=O) groups is 1. The Hall–Kier alpha value is -1.79. The maximum atomic E-state index is 13.0. The molecule has 0 saturated carbocycles. The third-order valence-corrected chi connectivity index (χ3v) is 5.31. The monoisotopic (exact) mass is 347 g/mol. The third-order valence-electron chi connectivity index (χ3n) is 4.46. The lowest BCUT2D eigenvalue weighted by atomic mass is 9.96. The Labute approximate surface area is 145 Å². The number of thiazole rings is 1. The summed E-state index contributed by atoms with van der Waals surface area (Å²) in [5.74, 6) is -0.278. The molecule has 2 N–H and O–H groups in total. The fourth-order valence-corrected chi connectivity index (χ4v) is 3.97. The average Bonchev–Trinajstić information content (AvgIpc) is 3.05. The van der Waals surface area contributed by atoms with Crippen molar-refractivity contribution in [1.29, 1.82) is 0 Å². The number of amides is 1. The minimum Gasteiger partial charge on any atom is -0.333 e. The maximum absolute atomic E-state index is 13.0. The highest BCUT2D eigenvalue weighted by atomic mass is 32.1. The summed E-state index contributed by atoms with van der Waals surface area (Å²) in [6, 6.07) is 6.43. The summed E-state index contributed by atoms with van der Waals surface area (Å²) in [5, 5.41) is 2.67. The quantitative estimate of drug-likeness (QED) is 0.924. The Bertz CT molecular complexity index is 699. The largest absolute Gasteiger partial charge is 0.333 e. The number of likely N-dealkylation sites (tertiary alicyclic amines) is 1. The molecule has 1 aliphatic heterocycles. The van der Waals surface area contributed by atoms with Crippen molar-refractivity contribution in [3.05, 3.63) is 51.7 Å². The molecule has 0 spiro atoms. The van der Waals surface area contributed by atoms with Crippen molar-refractivity contribution in [2.24, 2.45) is 5.73 Å². The van der Waals surface area contributed by atoms with Gasteiger partial charge in [-0.25, -0.2) is 9.37 Å². The molecule has 1 amide bonds. The topological polar surface area (TPSA) is 59.2 Å². The second kappa shape index (κ2) is 7.40. The van der Waals surface area contributed by atoms with E-state index in [1.54, 1.807) is 12.1 Å². The molecule has 0 aliphatic carbocycles. The zero-order valence-electron chi connectivity index (χ0n) is 13.7. The molecular formula is C18H22FN3OS. The van der Waals surface area contributed by atoms with Gasteiger partial charge in [0.15, 0.2) is 0 Å². The maximum Gasteiger partial charge on any atom is 0.273 e. The van der Waals surface area contributed by atoms with Crippen LogP contribution in [0.2, 0.25) is 0 Å². The molecular weight excluding hydrogens is 325 g/mol. The molecule has 4 nitrogen and oxygen atoms in total. The van der Waals surface area contributed by atoms with Crippen LogP contribution in [0.25, 0.3) is 0 Å². The first-order valence-corrected chi connectivity index (χ1v) is 9.18. The van der Waals surface area contributed by atoms with Gasteiger partial charge in [0.25, 0.3) is 5.91 Å². The predicted molar refractivity (Wildman–Crippen MR) is 93.6 cm³/mol. The summed E-state index contributed by atoms with van der Waals surface area (Å²) in [6.45, 7) is 2.70. The van der Waals surface area contributed by atoms with Gasteiger partial charge in [0.2, 0.25) is 0 Å². The molecule has 1 saturated heterocycles. The molecule has 3 rings (SSSR count). The van der Waals surface area contributed by atoms with E-state index < -0.39 is 0 Å². The number of nitrogens with two attached hydrogens (primary N) is 1. The molecule has 1 fully saturated rings. The van der Waals surface area contributed by atoms with Crippen molar-refractivity contribution in [1.82, 2.24) is 9.88 Å². The average molecular weight is 347 g/mol. The molecule has 0 bridgehead atoms. The van der Waals surface area contributed by atoms with Crippen molar-refractivity contribution in [3.8, 4) is 0 Å². The van der Waals surface area contributed by atoms with E-state index >= 15 is 0 Å². The molecule has 128 valence electrons. The van der Waals surface area contributed by atoms with Crippen LogP contribution in [-0.2, 0) is 6.42 Å². The second-order valence-corrected chi connectivity index (χ2v) is 7.29. The first kappa shape index (κ1) is 17.0. The number of piperidine rings is 1. The van der Waals surface area contributed by atoms with E-state index in [1.165, 1.54) is 23.5 Å². The van der Waals surface area contributed by atoms with Crippen LogP contribution < -0.4 is 5.73 Å². The highest BCUT2D eigenvalue weighted by molar-refractivity contribution is 7.09. The van der Waals surface area contributed by atoms with Gasteiger partial charge in [-0.05, 0) is 43.9 Å². The van der Waals surface area contributed by atoms with Gasteiger partial charge >= 0.3 is 0 Å². The van der Waals surface area contributed by atoms with Crippen LogP contribution in [0, 0.1) is 5.82 Å². The molecule has 1 aliphatic rings. The molecule has 2 aromatic rings. The first-order chi connectivity index (χ1) is 11.5. The smallest absolute Gasteiger partial charge is 0.273 e. The van der Waals surface area contributed by atoms with Crippen LogP contribution in [-0.4, -0.2) is 34.4 Å². The zero-order chi connectivity index (χ0) is 17.1. The molecule has 2 heterocycles. The normalized spacial score (nSPS) is 19.3. The highest BCUT2D eigenvalue weighted by Crippen LogP contribution is 2.23. The van der Waals surface area contributed by atoms with Crippen LogP contribution in [0.4, 0.5) is 4.39 Å². The number of aromatic nitrogens is 1. The van der Waals surface area contributed by atoms with Crippen molar-refractivity contribution in [2.75, 3.05) is 6.54 Å². The number of halogens is 1. The minimum absolute atomic E-state index is 0.0291. The molecule has 2 unspecified atom stereocenters. The van der Waals surface area contributed by atoms with E-state index in [9.17, 15) is 9.18 Å². The van der Waals surface area contributed by atoms with E-state index in [-0.39, 0.29) is 23.8 Å². The molecule has 6 heteroatoms. The minimum atomic E-state index is -0.249. The van der Waals surface area contributed by atoms with Gasteiger partial charge in [0.1, 0.15) is 11.5 Å². The predicted octanol–water partition coefficient (Wildman–Crippen LogP) is 3.21. The van der Waals surface area contributed by atoms with Gasteiger partial charge in [-0.1, -0.05) is 12.1 Å². The van der Waals surface area contributed by atoms with Crippen LogP contribution >= 0.6 is 11.3 Å². The lowest BCUT2D eigenvalue weighted by Gasteiger charge is -2.37. The fraction of sp³-hybridized carbons (Fsp3) is 0.444. The van der Waals surface area contributed by atoms with E-state index in [1.807, 2.05) is 17.2 Å². The summed E-state index contributed by atoms with van der Waals surface area (Å²) >= 11 is 1.47. The standard InChI is InChI=1S/C18H22FN3OS/c1-12(20)16-4-2-3-9-22(16)18(23)15-11-24-17(21-15)10-13-5-7-14(19)8-6-13/h5-8,11-12,16H,2-4,9-10,20H2,1H3. The van der Waals surface area contributed by atoms with Gasteiger partial charge in [0.05, 0.1) is 5.01 Å². The number of hydrogen-bond acceptors (Lipinski definition) is 4. The van der Waals surface area contributed by atoms with Crippen molar-refractivity contribution in [3.63, 3.8) is 0 Å². The molecule has 1 aromatic carbocycles. The lowest BCUT2D eigenvalue weighted by molar-refractivity contribution is 0.0578. The number of hydrogen-bond donors (Lipinski definition) is 1. The highest BCUT2D eigenvalue weighted by Gasteiger charge is 2.30. The summed E-state index contributed by atoms with van der Waals surface area (Å²) in [6.07, 6.45) is 3.69. The summed E-state index contributed by atoms with van der Waals surface area (Å²) in [7, 11) is 0. The van der Waals surface area contributed by atoms with E-state index in [0.717, 1.165) is 36.4 Å². The van der Waals surface area contributed by atoms with Crippen LogP contribution in [0.15, 0.2) is 29.6 Å². The fourth-order valence-electron chi connectivity index (χ4n) is 3.17. The van der Waals surface area contributed by atoms with E-state index in [2.05, 4.69) is 4.98 Å². The Balaban J connectivity index is 1.72. The van der Waals surface area contributed by atoms with Gasteiger partial charge in [-0.3, -0.25) is 4.79 Å². The van der Waals surface area contributed by atoms with Gasteiger partial charge < -0.3 is 10.6 Å². The number of benzene rings is 1. The number of nitrogens with zero attached hydrogens (tertiary/aromatic N) is 2. The molecule has 0 radical (unpaired) electrons. The Kier molecular flexibility index (Phi) is 5.26. The first-order valence-electron chi connectivity index (χ1n) is 8.30. The molecule has 1 aromatic heterocycles. The van der Waals surface area contributed by atoms with Crippen molar-refractivity contribution in [2.45, 2.75) is 44.7 Å². The summed E-state index contributed by atoms with van der Waals surface area (Å²) in [4.78, 5) is 19.2. The van der Waals surface area contributed by atoms with Gasteiger partial charge in [-0.15, -0.1) is 11.3 Å².